The van der Waals surface area contributed by atoms with Crippen LogP contribution in [0.3, 0.4) is 0 Å². The van der Waals surface area contributed by atoms with Gasteiger partial charge in [-0.05, 0) is 43.5 Å². The third-order valence-electron chi connectivity index (χ3n) is 4.27. The molecule has 23 heavy (non-hydrogen) atoms. The largest absolute Gasteiger partial charge is 0.497 e. The number of H-pyrrole nitrogens is 1. The number of ether oxygens (including phenoxy) is 1. The van der Waals surface area contributed by atoms with Crippen molar-refractivity contribution < 1.29 is 9.53 Å². The number of fused-ring (bicyclic) bond motifs is 1. The maximum Gasteiger partial charge on any atom is 0.343 e. The molecule has 3 rings (SSSR count). The minimum absolute atomic E-state index is 0.0325. The van der Waals surface area contributed by atoms with Gasteiger partial charge >= 0.3 is 5.69 Å². The highest BCUT2D eigenvalue weighted by Crippen LogP contribution is 2.18. The molecule has 1 aromatic heterocycles. The second-order valence-electron chi connectivity index (χ2n) is 5.78. The van der Waals surface area contributed by atoms with E-state index in [1.807, 2.05) is 13.0 Å². The lowest BCUT2D eigenvalue weighted by molar-refractivity contribution is 0.0932. The fourth-order valence-electron chi connectivity index (χ4n) is 2.93. The van der Waals surface area contributed by atoms with E-state index in [0.29, 0.717) is 24.9 Å². The zero-order valence-electron chi connectivity index (χ0n) is 13.3. The zero-order valence-corrected chi connectivity index (χ0v) is 13.3. The van der Waals surface area contributed by atoms with E-state index in [1.54, 1.807) is 23.8 Å². The van der Waals surface area contributed by atoms with E-state index in [4.69, 9.17) is 4.74 Å². The smallest absolute Gasteiger partial charge is 0.343 e. The van der Waals surface area contributed by atoms with Crippen molar-refractivity contribution in [2.24, 2.45) is 0 Å². The molecule has 0 spiro atoms. The molecule has 0 saturated carbocycles. The Kier molecular flexibility index (Phi) is 4.18. The van der Waals surface area contributed by atoms with E-state index in [9.17, 15) is 9.59 Å². The van der Waals surface area contributed by atoms with Gasteiger partial charge in [-0.1, -0.05) is 0 Å². The van der Waals surface area contributed by atoms with Crippen molar-refractivity contribution in [3.63, 3.8) is 0 Å². The van der Waals surface area contributed by atoms with Gasteiger partial charge in [0, 0.05) is 24.6 Å². The maximum absolute atomic E-state index is 12.5. The lowest BCUT2D eigenvalue weighted by atomic mass is 10.1. The summed E-state index contributed by atoms with van der Waals surface area (Å²) in [6, 6.07) is 5.43. The Morgan fingerprint density at radius 3 is 3.00 bits per heavy atom. The van der Waals surface area contributed by atoms with Crippen LogP contribution in [-0.2, 0) is 13.0 Å². The maximum atomic E-state index is 12.5. The summed E-state index contributed by atoms with van der Waals surface area (Å²) in [5.41, 5.74) is 1.34. The summed E-state index contributed by atoms with van der Waals surface area (Å²) in [7, 11) is 1.60. The molecular weight excluding hydrogens is 296 g/mol. The van der Waals surface area contributed by atoms with Crippen molar-refractivity contribution in [3.05, 3.63) is 45.6 Å². The summed E-state index contributed by atoms with van der Waals surface area (Å²) in [5.74, 6) is 1.40. The van der Waals surface area contributed by atoms with Gasteiger partial charge in [0.15, 0.2) is 0 Å². The fraction of sp³-hybridized carbons (Fsp3) is 0.438. The van der Waals surface area contributed by atoms with Crippen LogP contribution in [0.15, 0.2) is 23.0 Å². The van der Waals surface area contributed by atoms with E-state index in [2.05, 4.69) is 15.5 Å². The van der Waals surface area contributed by atoms with E-state index in [0.717, 1.165) is 23.6 Å². The zero-order chi connectivity index (χ0) is 16.4. The first kappa shape index (κ1) is 15.3. The van der Waals surface area contributed by atoms with Gasteiger partial charge in [-0.25, -0.2) is 9.89 Å². The SMILES string of the molecule is COc1ccc(C(=O)NC2CCc3n[nH]c(=O)n3CC2)c(C)c1. The summed E-state index contributed by atoms with van der Waals surface area (Å²) in [5, 5.41) is 9.55. The van der Waals surface area contributed by atoms with Gasteiger partial charge in [0.25, 0.3) is 5.91 Å². The van der Waals surface area contributed by atoms with Gasteiger partial charge in [0.2, 0.25) is 0 Å². The standard InChI is InChI=1S/C16H20N4O3/c1-10-9-12(23-2)4-5-13(10)15(21)17-11-3-6-14-18-19-16(22)20(14)8-7-11/h4-5,9,11H,3,6-8H2,1-2H3,(H,17,21)(H,19,22). The van der Waals surface area contributed by atoms with E-state index in [-0.39, 0.29) is 17.6 Å². The van der Waals surface area contributed by atoms with Crippen molar-refractivity contribution in [2.75, 3.05) is 7.11 Å². The summed E-state index contributed by atoms with van der Waals surface area (Å²) < 4.78 is 6.80. The lowest BCUT2D eigenvalue weighted by Gasteiger charge is -2.17. The van der Waals surface area contributed by atoms with Gasteiger partial charge in [-0.3, -0.25) is 9.36 Å². The number of hydrogen-bond donors (Lipinski definition) is 2. The molecule has 1 aromatic carbocycles. The van der Waals surface area contributed by atoms with Crippen molar-refractivity contribution in [1.82, 2.24) is 20.1 Å². The molecule has 1 amide bonds. The highest BCUT2D eigenvalue weighted by atomic mass is 16.5. The normalized spacial score (nSPS) is 17.2. The number of benzene rings is 1. The Morgan fingerprint density at radius 1 is 1.43 bits per heavy atom. The number of aromatic amines is 1. The van der Waals surface area contributed by atoms with Crippen LogP contribution in [0.5, 0.6) is 5.75 Å². The monoisotopic (exact) mass is 316 g/mol. The second kappa shape index (κ2) is 6.28. The number of nitrogens with one attached hydrogen (secondary N) is 2. The molecule has 0 bridgehead atoms. The molecule has 1 atom stereocenters. The fourth-order valence-corrected chi connectivity index (χ4v) is 2.93. The molecule has 0 radical (unpaired) electrons. The molecule has 2 heterocycles. The first-order chi connectivity index (χ1) is 11.1. The van der Waals surface area contributed by atoms with Crippen molar-refractivity contribution in [1.29, 1.82) is 0 Å². The number of rotatable bonds is 3. The molecular formula is C16H20N4O3. The topological polar surface area (TPSA) is 89.0 Å². The third-order valence-corrected chi connectivity index (χ3v) is 4.27. The van der Waals surface area contributed by atoms with Crippen LogP contribution in [0.1, 0.15) is 34.6 Å². The molecule has 1 aliphatic rings. The van der Waals surface area contributed by atoms with Gasteiger partial charge in [-0.15, -0.1) is 0 Å². The van der Waals surface area contributed by atoms with Gasteiger partial charge in [0.05, 0.1) is 7.11 Å². The number of aryl methyl sites for hydroxylation is 2. The average Bonchev–Trinajstić information content (AvgIpc) is 2.77. The first-order valence-corrected chi connectivity index (χ1v) is 7.68. The number of carbonyl (C=O) groups excluding carboxylic acids is 1. The van der Waals surface area contributed by atoms with Crippen molar-refractivity contribution >= 4 is 5.91 Å². The predicted octanol–water partition coefficient (Wildman–Crippen LogP) is 1.02. The molecule has 1 unspecified atom stereocenters. The number of aromatic nitrogens is 3. The molecule has 0 saturated heterocycles. The molecule has 2 N–H and O–H groups in total. The summed E-state index contributed by atoms with van der Waals surface area (Å²) in [6.45, 7) is 2.46. The minimum Gasteiger partial charge on any atom is -0.497 e. The minimum atomic E-state index is -0.182. The molecule has 2 aromatic rings. The number of carbonyl (C=O) groups is 1. The van der Waals surface area contributed by atoms with Crippen molar-refractivity contribution in [3.8, 4) is 5.75 Å². The van der Waals surface area contributed by atoms with Crippen LogP contribution < -0.4 is 15.7 Å². The summed E-state index contributed by atoms with van der Waals surface area (Å²) in [6.07, 6.45) is 2.16. The number of methoxy groups -OCH3 is 1. The molecule has 122 valence electrons. The Bertz CT molecular complexity index is 778. The number of amides is 1. The van der Waals surface area contributed by atoms with Crippen LogP contribution in [0.2, 0.25) is 0 Å². The molecule has 7 nitrogen and oxygen atoms in total. The van der Waals surface area contributed by atoms with Crippen LogP contribution in [0.25, 0.3) is 0 Å². The highest BCUT2D eigenvalue weighted by Gasteiger charge is 2.21. The Labute approximate surface area is 133 Å². The first-order valence-electron chi connectivity index (χ1n) is 7.68. The molecule has 1 aliphatic heterocycles. The molecule has 7 heteroatoms. The van der Waals surface area contributed by atoms with Crippen molar-refractivity contribution in [2.45, 2.75) is 38.8 Å². The summed E-state index contributed by atoms with van der Waals surface area (Å²) >= 11 is 0. The number of nitrogens with zero attached hydrogens (tertiary/aromatic N) is 2. The van der Waals surface area contributed by atoms with Crippen LogP contribution in [-0.4, -0.2) is 33.8 Å². The average molecular weight is 316 g/mol. The quantitative estimate of drug-likeness (QED) is 0.885. The number of hydrogen-bond acceptors (Lipinski definition) is 4. The molecule has 0 aliphatic carbocycles. The van der Waals surface area contributed by atoms with Gasteiger partial charge < -0.3 is 10.1 Å². The second-order valence-corrected chi connectivity index (χ2v) is 5.78. The van der Waals surface area contributed by atoms with Crippen LogP contribution in [0.4, 0.5) is 0 Å². The van der Waals surface area contributed by atoms with Crippen LogP contribution >= 0.6 is 0 Å². The van der Waals surface area contributed by atoms with Gasteiger partial charge in [0.1, 0.15) is 11.6 Å². The Morgan fingerprint density at radius 2 is 2.26 bits per heavy atom. The van der Waals surface area contributed by atoms with E-state index >= 15 is 0 Å². The Balaban J connectivity index is 1.68. The highest BCUT2D eigenvalue weighted by molar-refractivity contribution is 5.96. The lowest BCUT2D eigenvalue weighted by Crippen LogP contribution is -2.35. The molecule has 0 fully saturated rings. The summed E-state index contributed by atoms with van der Waals surface area (Å²) in [4.78, 5) is 24.1. The predicted molar refractivity (Wildman–Crippen MR) is 84.8 cm³/mol. The van der Waals surface area contributed by atoms with Gasteiger partial charge in [-0.2, -0.15) is 5.10 Å². The van der Waals surface area contributed by atoms with E-state index < -0.39 is 0 Å². The van der Waals surface area contributed by atoms with Crippen LogP contribution in [0, 0.1) is 6.92 Å². The van der Waals surface area contributed by atoms with E-state index in [1.165, 1.54) is 0 Å². The third kappa shape index (κ3) is 3.13. The Hall–Kier alpha value is -2.57.